The van der Waals surface area contributed by atoms with Crippen molar-refractivity contribution in [2.75, 3.05) is 19.7 Å². The molecule has 4 nitrogen and oxygen atoms in total. The van der Waals surface area contributed by atoms with E-state index in [-0.39, 0.29) is 0 Å². The van der Waals surface area contributed by atoms with Crippen molar-refractivity contribution in [3.8, 4) is 0 Å². The maximum atomic E-state index is 9.04. The van der Waals surface area contributed by atoms with Crippen molar-refractivity contribution in [2.24, 2.45) is 5.92 Å². The van der Waals surface area contributed by atoms with Gasteiger partial charge in [-0.15, -0.1) is 0 Å². The summed E-state index contributed by atoms with van der Waals surface area (Å²) in [5, 5.41) is 15.0. The molecule has 0 spiro atoms. The lowest BCUT2D eigenvalue weighted by Gasteiger charge is -2.37. The van der Waals surface area contributed by atoms with Crippen molar-refractivity contribution in [3.63, 3.8) is 0 Å². The van der Waals surface area contributed by atoms with E-state index in [9.17, 15) is 0 Å². The van der Waals surface area contributed by atoms with Gasteiger partial charge in [-0.25, -0.2) is 0 Å². The number of hydrogen-bond acceptors (Lipinski definition) is 3. The SMILES string of the molecule is CCn1nc(CN2CC(CO)C2)c2ccccc21. The first-order valence-corrected chi connectivity index (χ1v) is 6.59. The number of para-hydroxylation sites is 1. The minimum atomic E-state index is 0.306. The average molecular weight is 245 g/mol. The predicted octanol–water partition coefficient (Wildman–Crippen LogP) is 1.48. The van der Waals surface area contributed by atoms with Gasteiger partial charge in [0.15, 0.2) is 0 Å². The van der Waals surface area contributed by atoms with E-state index < -0.39 is 0 Å². The number of likely N-dealkylation sites (tertiary alicyclic amines) is 1. The van der Waals surface area contributed by atoms with Gasteiger partial charge in [0.05, 0.1) is 11.2 Å². The molecule has 0 radical (unpaired) electrons. The van der Waals surface area contributed by atoms with Gasteiger partial charge in [-0.2, -0.15) is 5.10 Å². The topological polar surface area (TPSA) is 41.3 Å². The summed E-state index contributed by atoms with van der Waals surface area (Å²) in [5.41, 5.74) is 2.37. The molecule has 1 aliphatic rings. The molecular formula is C14H19N3O. The molecule has 0 aliphatic carbocycles. The lowest BCUT2D eigenvalue weighted by atomic mass is 10.0. The van der Waals surface area contributed by atoms with E-state index in [2.05, 4.69) is 40.8 Å². The number of rotatable bonds is 4. The van der Waals surface area contributed by atoms with Crippen LogP contribution in [0.25, 0.3) is 10.9 Å². The Morgan fingerprint density at radius 2 is 2.11 bits per heavy atom. The van der Waals surface area contributed by atoms with E-state index in [1.54, 1.807) is 0 Å². The van der Waals surface area contributed by atoms with Crippen LogP contribution in [-0.4, -0.2) is 39.5 Å². The zero-order chi connectivity index (χ0) is 12.5. The normalized spacial score (nSPS) is 17.2. The summed E-state index contributed by atoms with van der Waals surface area (Å²) in [6, 6.07) is 8.40. The third kappa shape index (κ3) is 1.91. The third-order valence-electron chi connectivity index (χ3n) is 3.70. The van der Waals surface area contributed by atoms with Crippen molar-refractivity contribution in [1.82, 2.24) is 14.7 Å². The lowest BCUT2D eigenvalue weighted by Crippen LogP contribution is -2.47. The minimum Gasteiger partial charge on any atom is -0.396 e. The molecule has 96 valence electrons. The van der Waals surface area contributed by atoms with Crippen LogP contribution in [-0.2, 0) is 13.1 Å². The number of aromatic nitrogens is 2. The molecular weight excluding hydrogens is 226 g/mol. The van der Waals surface area contributed by atoms with Crippen molar-refractivity contribution in [1.29, 1.82) is 0 Å². The first-order chi connectivity index (χ1) is 8.81. The maximum absolute atomic E-state index is 9.04. The number of fused-ring (bicyclic) bond motifs is 1. The van der Waals surface area contributed by atoms with E-state index >= 15 is 0 Å². The summed E-state index contributed by atoms with van der Waals surface area (Å²) in [4.78, 5) is 2.34. The molecule has 0 atom stereocenters. The number of nitrogens with zero attached hydrogens (tertiary/aromatic N) is 3. The molecule has 1 aromatic heterocycles. The van der Waals surface area contributed by atoms with E-state index in [0.717, 1.165) is 31.9 Å². The van der Waals surface area contributed by atoms with E-state index in [4.69, 9.17) is 10.2 Å². The Bertz CT molecular complexity index is 543. The van der Waals surface area contributed by atoms with Gasteiger partial charge in [-0.1, -0.05) is 18.2 Å². The molecule has 0 unspecified atom stereocenters. The van der Waals surface area contributed by atoms with E-state index in [1.165, 1.54) is 10.9 Å². The summed E-state index contributed by atoms with van der Waals surface area (Å²) < 4.78 is 2.06. The second kappa shape index (κ2) is 4.71. The highest BCUT2D eigenvalue weighted by Crippen LogP contribution is 2.23. The van der Waals surface area contributed by atoms with Gasteiger partial charge in [-0.05, 0) is 13.0 Å². The van der Waals surface area contributed by atoms with E-state index in [0.29, 0.717) is 12.5 Å². The van der Waals surface area contributed by atoms with Gasteiger partial charge in [0, 0.05) is 44.1 Å². The van der Waals surface area contributed by atoms with E-state index in [1.807, 2.05) is 0 Å². The zero-order valence-corrected chi connectivity index (χ0v) is 10.7. The Labute approximate surface area is 107 Å². The lowest BCUT2D eigenvalue weighted by molar-refractivity contribution is 0.0471. The van der Waals surface area contributed by atoms with Gasteiger partial charge < -0.3 is 5.11 Å². The average Bonchev–Trinajstić information content (AvgIpc) is 2.71. The fraction of sp³-hybridized carbons (Fsp3) is 0.500. The summed E-state index contributed by atoms with van der Waals surface area (Å²) in [6.45, 7) is 6.20. The largest absolute Gasteiger partial charge is 0.396 e. The van der Waals surface area contributed by atoms with Crippen LogP contribution >= 0.6 is 0 Å². The van der Waals surface area contributed by atoms with Gasteiger partial charge in [0.2, 0.25) is 0 Å². The summed E-state index contributed by atoms with van der Waals surface area (Å²) in [5.74, 6) is 0.463. The van der Waals surface area contributed by atoms with Gasteiger partial charge in [0.1, 0.15) is 0 Å². The predicted molar refractivity (Wildman–Crippen MR) is 71.3 cm³/mol. The number of aryl methyl sites for hydroxylation is 1. The van der Waals surface area contributed by atoms with Crippen LogP contribution in [0, 0.1) is 5.92 Å². The number of hydrogen-bond donors (Lipinski definition) is 1. The van der Waals surface area contributed by atoms with Crippen molar-refractivity contribution in [2.45, 2.75) is 20.0 Å². The van der Waals surface area contributed by atoms with Crippen LogP contribution in [0.2, 0.25) is 0 Å². The fourth-order valence-corrected chi connectivity index (χ4v) is 2.69. The first kappa shape index (κ1) is 11.7. The van der Waals surface area contributed by atoms with Gasteiger partial charge in [0.25, 0.3) is 0 Å². The highest BCUT2D eigenvalue weighted by Gasteiger charge is 2.26. The van der Waals surface area contributed by atoms with Crippen molar-refractivity contribution >= 4 is 10.9 Å². The molecule has 2 heterocycles. The van der Waals surface area contributed by atoms with Gasteiger partial charge >= 0.3 is 0 Å². The fourth-order valence-electron chi connectivity index (χ4n) is 2.69. The Kier molecular flexibility index (Phi) is 3.06. The Balaban J connectivity index is 1.84. The molecule has 1 aliphatic heterocycles. The van der Waals surface area contributed by atoms with Crippen LogP contribution in [0.3, 0.4) is 0 Å². The quantitative estimate of drug-likeness (QED) is 0.887. The number of aliphatic hydroxyl groups is 1. The number of aliphatic hydroxyl groups excluding tert-OH is 1. The summed E-state index contributed by atoms with van der Waals surface area (Å²) in [6.07, 6.45) is 0. The van der Waals surface area contributed by atoms with Crippen LogP contribution in [0.1, 0.15) is 12.6 Å². The third-order valence-corrected chi connectivity index (χ3v) is 3.70. The Morgan fingerprint density at radius 1 is 1.33 bits per heavy atom. The Morgan fingerprint density at radius 3 is 2.83 bits per heavy atom. The molecule has 4 heteroatoms. The molecule has 0 saturated carbocycles. The number of benzene rings is 1. The van der Waals surface area contributed by atoms with Crippen LogP contribution in [0.5, 0.6) is 0 Å². The highest BCUT2D eigenvalue weighted by molar-refractivity contribution is 5.81. The maximum Gasteiger partial charge on any atom is 0.0843 e. The molecule has 1 saturated heterocycles. The monoisotopic (exact) mass is 245 g/mol. The van der Waals surface area contributed by atoms with Crippen molar-refractivity contribution < 1.29 is 5.11 Å². The molecule has 18 heavy (non-hydrogen) atoms. The summed E-state index contributed by atoms with van der Waals surface area (Å²) in [7, 11) is 0. The molecule has 0 bridgehead atoms. The molecule has 3 rings (SSSR count). The van der Waals surface area contributed by atoms with Crippen molar-refractivity contribution in [3.05, 3.63) is 30.0 Å². The Hall–Kier alpha value is -1.39. The van der Waals surface area contributed by atoms with Gasteiger partial charge in [-0.3, -0.25) is 9.58 Å². The minimum absolute atomic E-state index is 0.306. The molecule has 2 aromatic rings. The molecule has 0 amide bonds. The standard InChI is InChI=1S/C14H19N3O/c1-2-17-14-6-4-3-5-12(14)13(15-17)9-16-7-11(8-16)10-18/h3-6,11,18H,2,7-10H2,1H3. The second-order valence-corrected chi connectivity index (χ2v) is 5.02. The van der Waals surface area contributed by atoms with Crippen LogP contribution in [0.4, 0.5) is 0 Å². The second-order valence-electron chi connectivity index (χ2n) is 5.02. The first-order valence-electron chi connectivity index (χ1n) is 6.59. The molecule has 1 N–H and O–H groups in total. The van der Waals surface area contributed by atoms with Crippen LogP contribution < -0.4 is 0 Å². The molecule has 1 fully saturated rings. The highest BCUT2D eigenvalue weighted by atomic mass is 16.3. The smallest absolute Gasteiger partial charge is 0.0843 e. The summed E-state index contributed by atoms with van der Waals surface area (Å²) >= 11 is 0. The molecule has 1 aromatic carbocycles. The van der Waals surface area contributed by atoms with Crippen LogP contribution in [0.15, 0.2) is 24.3 Å². The zero-order valence-electron chi connectivity index (χ0n) is 10.7.